The van der Waals surface area contributed by atoms with Crippen molar-refractivity contribution in [2.24, 2.45) is 0 Å². The monoisotopic (exact) mass is 429 g/mol. The van der Waals surface area contributed by atoms with Crippen LogP contribution >= 0.6 is 0 Å². The highest BCUT2D eigenvalue weighted by molar-refractivity contribution is 7.92. The Morgan fingerprint density at radius 3 is 2.63 bits per heavy atom. The minimum absolute atomic E-state index is 0.182. The lowest BCUT2D eigenvalue weighted by molar-refractivity contribution is 0.0528. The molecular formula is C22H20FNO5S. The summed E-state index contributed by atoms with van der Waals surface area (Å²) in [4.78, 5) is 12.8. The van der Waals surface area contributed by atoms with Crippen molar-refractivity contribution in [3.05, 3.63) is 59.4 Å². The van der Waals surface area contributed by atoms with E-state index in [4.69, 9.17) is 9.15 Å². The smallest absolute Gasteiger partial charge is 0.342 e. The van der Waals surface area contributed by atoms with E-state index in [-0.39, 0.29) is 17.9 Å². The quantitative estimate of drug-likeness (QED) is 0.567. The maximum Gasteiger partial charge on any atom is 0.342 e. The van der Waals surface area contributed by atoms with Gasteiger partial charge in [-0.2, -0.15) is 0 Å². The molecule has 4 rings (SSSR count). The molecule has 0 spiro atoms. The number of carbonyl (C=O) groups excluding carboxylic acids is 1. The predicted octanol–water partition coefficient (Wildman–Crippen LogP) is 4.60. The molecule has 2 aromatic carbocycles. The molecule has 0 aliphatic carbocycles. The molecule has 0 amide bonds. The van der Waals surface area contributed by atoms with Crippen molar-refractivity contribution in [3.8, 4) is 11.3 Å². The van der Waals surface area contributed by atoms with Crippen molar-refractivity contribution >= 4 is 38.7 Å². The molecule has 0 saturated heterocycles. The highest BCUT2D eigenvalue weighted by atomic mass is 32.2. The molecular weight excluding hydrogens is 409 g/mol. The first-order chi connectivity index (χ1) is 14.3. The van der Waals surface area contributed by atoms with E-state index < -0.39 is 21.8 Å². The van der Waals surface area contributed by atoms with Gasteiger partial charge < -0.3 is 9.15 Å². The summed E-state index contributed by atoms with van der Waals surface area (Å²) < 4.78 is 50.6. The van der Waals surface area contributed by atoms with Gasteiger partial charge in [0.1, 0.15) is 22.7 Å². The molecule has 0 N–H and O–H groups in total. The van der Waals surface area contributed by atoms with Gasteiger partial charge in [0.25, 0.3) is 0 Å². The standard InChI is InChI=1S/C22H20FNO5S/c1-3-28-22(25)20-17-12-15-6-4-5-11-24(30(2,26)27)18(15)13-19(17)29-21(20)14-7-9-16(23)10-8-14/h4,6-10,12-13H,3,5,11H2,1-2H3. The van der Waals surface area contributed by atoms with Gasteiger partial charge in [-0.15, -0.1) is 0 Å². The van der Waals surface area contributed by atoms with Gasteiger partial charge in [0.05, 0.1) is 18.6 Å². The van der Waals surface area contributed by atoms with E-state index >= 15 is 0 Å². The van der Waals surface area contributed by atoms with E-state index in [9.17, 15) is 17.6 Å². The van der Waals surface area contributed by atoms with Gasteiger partial charge in [0.15, 0.2) is 0 Å². The molecule has 1 aliphatic heterocycles. The van der Waals surface area contributed by atoms with Crippen molar-refractivity contribution in [2.75, 3.05) is 23.7 Å². The van der Waals surface area contributed by atoms with Crippen LogP contribution in [0.2, 0.25) is 0 Å². The maximum atomic E-state index is 13.4. The van der Waals surface area contributed by atoms with Gasteiger partial charge in [-0.3, -0.25) is 4.31 Å². The Labute approximate surface area is 173 Å². The number of halogens is 1. The van der Waals surface area contributed by atoms with E-state index in [1.165, 1.54) is 28.6 Å². The Bertz CT molecular complexity index is 1260. The lowest BCUT2D eigenvalue weighted by Gasteiger charge is -2.22. The fourth-order valence-corrected chi connectivity index (χ4v) is 4.53. The average Bonchev–Trinajstić information content (AvgIpc) is 2.91. The summed E-state index contributed by atoms with van der Waals surface area (Å²) in [7, 11) is -3.50. The maximum absolute atomic E-state index is 13.4. The van der Waals surface area contributed by atoms with Crippen LogP contribution in [0.1, 0.15) is 29.3 Å². The molecule has 0 bridgehead atoms. The van der Waals surface area contributed by atoms with Crippen molar-refractivity contribution in [1.29, 1.82) is 0 Å². The zero-order valence-electron chi connectivity index (χ0n) is 16.5. The van der Waals surface area contributed by atoms with Crippen molar-refractivity contribution in [2.45, 2.75) is 13.3 Å². The molecule has 1 aliphatic rings. The van der Waals surface area contributed by atoms with Crippen LogP contribution in [-0.4, -0.2) is 33.8 Å². The number of hydrogen-bond acceptors (Lipinski definition) is 5. The molecule has 1 aromatic heterocycles. The van der Waals surface area contributed by atoms with Gasteiger partial charge in [-0.1, -0.05) is 12.2 Å². The number of fused-ring (bicyclic) bond motifs is 2. The lowest BCUT2D eigenvalue weighted by atomic mass is 10.0. The molecule has 3 aromatic rings. The molecule has 8 heteroatoms. The normalized spacial score (nSPS) is 13.9. The second-order valence-corrected chi connectivity index (χ2v) is 8.87. The Kier molecular flexibility index (Phi) is 5.11. The number of carbonyl (C=O) groups is 1. The summed E-state index contributed by atoms with van der Waals surface area (Å²) in [5, 5.41) is 0.506. The second kappa shape index (κ2) is 7.60. The van der Waals surface area contributed by atoms with Gasteiger partial charge in [-0.05, 0) is 49.2 Å². The fraction of sp³-hybridized carbons (Fsp3) is 0.227. The molecule has 0 fully saturated rings. The summed E-state index contributed by atoms with van der Waals surface area (Å²) in [6, 6.07) is 8.94. The van der Waals surface area contributed by atoms with Crippen LogP contribution in [0.5, 0.6) is 0 Å². The number of benzene rings is 2. The summed E-state index contributed by atoms with van der Waals surface area (Å²) in [5.74, 6) is -0.722. The average molecular weight is 429 g/mol. The summed E-state index contributed by atoms with van der Waals surface area (Å²) in [6.07, 6.45) is 5.44. The van der Waals surface area contributed by atoms with Gasteiger partial charge in [0.2, 0.25) is 10.0 Å². The first-order valence-electron chi connectivity index (χ1n) is 9.47. The predicted molar refractivity (Wildman–Crippen MR) is 113 cm³/mol. The van der Waals surface area contributed by atoms with Crippen molar-refractivity contribution in [3.63, 3.8) is 0 Å². The third kappa shape index (κ3) is 3.59. The Hall–Kier alpha value is -3.13. The minimum atomic E-state index is -3.50. The molecule has 156 valence electrons. The first kappa shape index (κ1) is 20.2. The van der Waals surface area contributed by atoms with Gasteiger partial charge in [-0.25, -0.2) is 17.6 Å². The van der Waals surface area contributed by atoms with Crippen LogP contribution in [0.3, 0.4) is 0 Å². The van der Waals surface area contributed by atoms with Crippen LogP contribution in [0, 0.1) is 5.82 Å². The van der Waals surface area contributed by atoms with E-state index in [0.717, 1.165) is 6.26 Å². The van der Waals surface area contributed by atoms with Crippen molar-refractivity contribution < 1.29 is 26.8 Å². The van der Waals surface area contributed by atoms with Crippen LogP contribution < -0.4 is 4.31 Å². The Balaban J connectivity index is 2.00. The van der Waals surface area contributed by atoms with E-state index in [2.05, 4.69) is 0 Å². The number of furan rings is 1. The zero-order chi connectivity index (χ0) is 21.5. The third-order valence-corrected chi connectivity index (χ3v) is 6.07. The molecule has 6 nitrogen and oxygen atoms in total. The minimum Gasteiger partial charge on any atom is -0.462 e. The lowest BCUT2D eigenvalue weighted by Crippen LogP contribution is -2.30. The number of esters is 1. The Morgan fingerprint density at radius 1 is 1.23 bits per heavy atom. The van der Waals surface area contributed by atoms with Crippen LogP contribution in [0.15, 0.2) is 46.9 Å². The molecule has 0 atom stereocenters. The zero-order valence-corrected chi connectivity index (χ0v) is 17.3. The fourth-order valence-electron chi connectivity index (χ4n) is 3.58. The van der Waals surface area contributed by atoms with E-state index in [1.54, 1.807) is 19.1 Å². The topological polar surface area (TPSA) is 76.8 Å². The van der Waals surface area contributed by atoms with Crippen LogP contribution in [0.4, 0.5) is 10.1 Å². The SMILES string of the molecule is CCOC(=O)c1c(-c2ccc(F)cc2)oc2cc3c(cc12)C=CCCN3S(C)(=O)=O. The third-order valence-electron chi connectivity index (χ3n) is 4.89. The molecule has 0 radical (unpaired) electrons. The number of hydrogen-bond donors (Lipinski definition) is 0. The highest BCUT2D eigenvalue weighted by Crippen LogP contribution is 2.39. The van der Waals surface area contributed by atoms with Gasteiger partial charge in [0, 0.05) is 23.6 Å². The van der Waals surface area contributed by atoms with E-state index in [1.807, 2.05) is 12.2 Å². The Morgan fingerprint density at radius 2 is 1.97 bits per heavy atom. The summed E-state index contributed by atoms with van der Waals surface area (Å²) >= 11 is 0. The van der Waals surface area contributed by atoms with E-state index in [0.29, 0.717) is 40.7 Å². The molecule has 0 unspecified atom stereocenters. The molecule has 2 heterocycles. The number of rotatable bonds is 4. The van der Waals surface area contributed by atoms with Crippen LogP contribution in [0.25, 0.3) is 28.4 Å². The highest BCUT2D eigenvalue weighted by Gasteiger charge is 2.27. The second-order valence-electron chi connectivity index (χ2n) is 6.97. The van der Waals surface area contributed by atoms with Crippen LogP contribution in [-0.2, 0) is 14.8 Å². The summed E-state index contributed by atoms with van der Waals surface area (Å²) in [5.41, 5.74) is 2.22. The molecule has 0 saturated carbocycles. The number of nitrogens with zero attached hydrogens (tertiary/aromatic N) is 1. The number of ether oxygens (including phenoxy) is 1. The van der Waals surface area contributed by atoms with Gasteiger partial charge >= 0.3 is 5.97 Å². The number of sulfonamides is 1. The first-order valence-corrected chi connectivity index (χ1v) is 11.3. The number of anilines is 1. The summed E-state index contributed by atoms with van der Waals surface area (Å²) in [6.45, 7) is 2.20. The van der Waals surface area contributed by atoms with Crippen molar-refractivity contribution in [1.82, 2.24) is 0 Å². The molecule has 30 heavy (non-hydrogen) atoms. The largest absolute Gasteiger partial charge is 0.462 e.